The fourth-order valence-electron chi connectivity index (χ4n) is 2.99. The van der Waals surface area contributed by atoms with Crippen molar-refractivity contribution >= 4 is 56.2 Å². The standard InChI is InChI=1S/C16H16BrCl2NS/c17-11-7-8-12(15(19)14(11)18)20-16(10-4-1-2-5-10)13-6-3-9-21-13/h3,6-10,16,20H,1-2,4-5H2. The van der Waals surface area contributed by atoms with Crippen molar-refractivity contribution in [2.24, 2.45) is 5.92 Å². The highest BCUT2D eigenvalue weighted by Gasteiger charge is 2.27. The van der Waals surface area contributed by atoms with Crippen LogP contribution in [0, 0.1) is 5.92 Å². The monoisotopic (exact) mass is 403 g/mol. The van der Waals surface area contributed by atoms with Gasteiger partial charge in [-0.05, 0) is 58.3 Å². The normalized spacial score (nSPS) is 17.1. The summed E-state index contributed by atoms with van der Waals surface area (Å²) >= 11 is 17.8. The lowest BCUT2D eigenvalue weighted by Gasteiger charge is -2.25. The molecule has 1 aliphatic rings. The van der Waals surface area contributed by atoms with Gasteiger partial charge in [-0.15, -0.1) is 11.3 Å². The smallest absolute Gasteiger partial charge is 0.0835 e. The summed E-state index contributed by atoms with van der Waals surface area (Å²) in [5.74, 6) is 0.669. The van der Waals surface area contributed by atoms with E-state index >= 15 is 0 Å². The van der Waals surface area contributed by atoms with Crippen molar-refractivity contribution in [2.75, 3.05) is 5.32 Å². The maximum Gasteiger partial charge on any atom is 0.0835 e. The van der Waals surface area contributed by atoms with E-state index in [2.05, 4.69) is 38.8 Å². The number of nitrogens with one attached hydrogen (secondary N) is 1. The van der Waals surface area contributed by atoms with Gasteiger partial charge in [0.25, 0.3) is 0 Å². The van der Waals surface area contributed by atoms with Crippen molar-refractivity contribution in [1.82, 2.24) is 0 Å². The summed E-state index contributed by atoms with van der Waals surface area (Å²) in [6.07, 6.45) is 5.20. The van der Waals surface area contributed by atoms with Crippen molar-refractivity contribution in [3.05, 3.63) is 49.0 Å². The molecule has 0 spiro atoms. The molecule has 1 saturated carbocycles. The fraction of sp³-hybridized carbons (Fsp3) is 0.375. The quantitative estimate of drug-likeness (QED) is 0.532. The van der Waals surface area contributed by atoms with Crippen molar-refractivity contribution in [3.8, 4) is 0 Å². The van der Waals surface area contributed by atoms with Gasteiger partial charge >= 0.3 is 0 Å². The van der Waals surface area contributed by atoms with Crippen molar-refractivity contribution in [2.45, 2.75) is 31.7 Å². The Bertz CT molecular complexity index is 609. The lowest BCUT2D eigenvalue weighted by Crippen LogP contribution is -2.18. The molecule has 112 valence electrons. The summed E-state index contributed by atoms with van der Waals surface area (Å²) in [6, 6.07) is 8.57. The van der Waals surface area contributed by atoms with Crippen LogP contribution in [-0.2, 0) is 0 Å². The molecule has 1 heterocycles. The predicted molar refractivity (Wildman–Crippen MR) is 96.8 cm³/mol. The minimum Gasteiger partial charge on any atom is -0.376 e. The van der Waals surface area contributed by atoms with Crippen LogP contribution in [0.15, 0.2) is 34.1 Å². The SMILES string of the molecule is Clc1c(Br)ccc(NC(c2cccs2)C2CCCC2)c1Cl. The Hall–Kier alpha value is -0.220. The van der Waals surface area contributed by atoms with E-state index in [1.165, 1.54) is 30.6 Å². The average Bonchev–Trinajstić information content (AvgIpc) is 3.17. The van der Waals surface area contributed by atoms with E-state index in [9.17, 15) is 0 Å². The second kappa shape index (κ2) is 6.91. The second-order valence-corrected chi connectivity index (χ2v) is 7.99. The third-order valence-corrected chi connectivity index (χ3v) is 6.79. The highest BCUT2D eigenvalue weighted by Crippen LogP contribution is 2.42. The van der Waals surface area contributed by atoms with Crippen molar-refractivity contribution in [1.29, 1.82) is 0 Å². The molecule has 1 unspecified atom stereocenters. The van der Waals surface area contributed by atoms with Crippen LogP contribution in [0.25, 0.3) is 0 Å². The first-order valence-electron chi connectivity index (χ1n) is 7.10. The highest BCUT2D eigenvalue weighted by atomic mass is 79.9. The molecule has 1 aromatic carbocycles. The van der Waals surface area contributed by atoms with Gasteiger partial charge in [0.2, 0.25) is 0 Å². The van der Waals surface area contributed by atoms with Gasteiger partial charge in [-0.2, -0.15) is 0 Å². The van der Waals surface area contributed by atoms with Gasteiger partial charge in [0.15, 0.2) is 0 Å². The molecule has 1 aromatic heterocycles. The molecule has 21 heavy (non-hydrogen) atoms. The van der Waals surface area contributed by atoms with Crippen molar-refractivity contribution < 1.29 is 0 Å². The second-order valence-electron chi connectivity index (χ2n) is 5.40. The lowest BCUT2D eigenvalue weighted by molar-refractivity contribution is 0.475. The van der Waals surface area contributed by atoms with Crippen LogP contribution in [0.4, 0.5) is 5.69 Å². The summed E-state index contributed by atoms with van der Waals surface area (Å²) in [7, 11) is 0. The number of hydrogen-bond donors (Lipinski definition) is 1. The lowest BCUT2D eigenvalue weighted by atomic mass is 9.96. The highest BCUT2D eigenvalue weighted by molar-refractivity contribution is 9.10. The zero-order chi connectivity index (χ0) is 14.8. The molecule has 0 bridgehead atoms. The Kier molecular flexibility index (Phi) is 5.15. The van der Waals surface area contributed by atoms with E-state index in [1.807, 2.05) is 12.1 Å². The number of halogens is 3. The Labute approximate surface area is 147 Å². The largest absolute Gasteiger partial charge is 0.376 e. The number of thiophene rings is 1. The molecule has 1 nitrogen and oxygen atoms in total. The third-order valence-electron chi connectivity index (χ3n) is 4.07. The van der Waals surface area contributed by atoms with Crippen LogP contribution in [0.3, 0.4) is 0 Å². The predicted octanol–water partition coefficient (Wildman–Crippen LogP) is 7.16. The number of anilines is 1. The maximum absolute atomic E-state index is 6.39. The van der Waals surface area contributed by atoms with Crippen LogP contribution >= 0.6 is 50.5 Å². The molecule has 1 aliphatic carbocycles. The molecule has 1 N–H and O–H groups in total. The maximum atomic E-state index is 6.39. The molecule has 0 aliphatic heterocycles. The van der Waals surface area contributed by atoms with E-state index in [1.54, 1.807) is 11.3 Å². The van der Waals surface area contributed by atoms with Gasteiger partial charge in [-0.1, -0.05) is 42.1 Å². The van der Waals surface area contributed by atoms with Gasteiger partial charge < -0.3 is 5.32 Å². The van der Waals surface area contributed by atoms with Gasteiger partial charge in [0, 0.05) is 9.35 Å². The Balaban J connectivity index is 1.90. The number of hydrogen-bond acceptors (Lipinski definition) is 2. The van der Waals surface area contributed by atoms with Crippen LogP contribution in [0.5, 0.6) is 0 Å². The zero-order valence-corrected chi connectivity index (χ0v) is 15.3. The summed E-state index contributed by atoms with van der Waals surface area (Å²) < 4.78 is 0.827. The summed E-state index contributed by atoms with van der Waals surface area (Å²) in [5, 5.41) is 6.92. The zero-order valence-electron chi connectivity index (χ0n) is 11.4. The van der Waals surface area contributed by atoms with Gasteiger partial charge in [0.1, 0.15) is 0 Å². The number of rotatable bonds is 4. The van der Waals surface area contributed by atoms with Gasteiger partial charge in [-0.3, -0.25) is 0 Å². The Morgan fingerprint density at radius 3 is 2.57 bits per heavy atom. The van der Waals surface area contributed by atoms with Crippen LogP contribution in [0.1, 0.15) is 36.6 Å². The van der Waals surface area contributed by atoms with E-state index in [0.717, 1.165) is 10.2 Å². The first-order chi connectivity index (χ1) is 10.2. The number of benzene rings is 1. The van der Waals surface area contributed by atoms with E-state index < -0.39 is 0 Å². The summed E-state index contributed by atoms with van der Waals surface area (Å²) in [6.45, 7) is 0. The molecular weight excluding hydrogens is 389 g/mol. The molecule has 0 amide bonds. The molecule has 3 rings (SSSR count). The van der Waals surface area contributed by atoms with Crippen molar-refractivity contribution in [3.63, 3.8) is 0 Å². The fourth-order valence-corrected chi connectivity index (χ4v) is 4.68. The molecule has 2 aromatic rings. The molecule has 5 heteroatoms. The van der Waals surface area contributed by atoms with Crippen LogP contribution < -0.4 is 5.32 Å². The summed E-state index contributed by atoms with van der Waals surface area (Å²) in [5.41, 5.74) is 0.912. The van der Waals surface area contributed by atoms with Crippen LogP contribution in [-0.4, -0.2) is 0 Å². The van der Waals surface area contributed by atoms with Crippen LogP contribution in [0.2, 0.25) is 10.0 Å². The minimum atomic E-state index is 0.322. The molecule has 0 radical (unpaired) electrons. The first kappa shape index (κ1) is 15.7. The molecule has 0 saturated heterocycles. The molecule has 1 fully saturated rings. The van der Waals surface area contributed by atoms with Gasteiger partial charge in [0.05, 0.1) is 21.8 Å². The Morgan fingerprint density at radius 1 is 1.14 bits per heavy atom. The third kappa shape index (κ3) is 3.42. The van der Waals surface area contributed by atoms with E-state index in [0.29, 0.717) is 22.0 Å². The topological polar surface area (TPSA) is 12.0 Å². The van der Waals surface area contributed by atoms with Gasteiger partial charge in [-0.25, -0.2) is 0 Å². The average molecular weight is 405 g/mol. The minimum absolute atomic E-state index is 0.322. The molecular formula is C16H16BrCl2NS. The summed E-state index contributed by atoms with van der Waals surface area (Å²) in [4.78, 5) is 1.37. The van der Waals surface area contributed by atoms with E-state index in [4.69, 9.17) is 23.2 Å². The van der Waals surface area contributed by atoms with E-state index in [-0.39, 0.29) is 0 Å². The first-order valence-corrected chi connectivity index (χ1v) is 9.53. The Morgan fingerprint density at radius 2 is 1.90 bits per heavy atom. The molecule has 1 atom stereocenters.